The highest BCUT2D eigenvalue weighted by atomic mass is 16.6. The topological polar surface area (TPSA) is 104 Å². The number of hydrogen-bond acceptors (Lipinski definition) is 7. The Hall–Kier alpha value is -3.68. The number of hydrogen-bond donors (Lipinski definition) is 1. The molecule has 1 N–H and O–H groups in total. The summed E-state index contributed by atoms with van der Waals surface area (Å²) >= 11 is 0. The molecule has 0 spiro atoms. The van der Waals surface area contributed by atoms with Gasteiger partial charge >= 0.3 is 12.1 Å². The molecule has 1 aromatic heterocycles. The summed E-state index contributed by atoms with van der Waals surface area (Å²) < 4.78 is 15.8. The third-order valence-electron chi connectivity index (χ3n) is 4.23. The van der Waals surface area contributed by atoms with Crippen molar-refractivity contribution < 1.29 is 28.6 Å². The number of methoxy groups -OCH3 is 1. The molecule has 0 saturated carbocycles. The number of allylic oxidation sites excluding steroid dienone is 2. The minimum absolute atomic E-state index is 0.0395. The van der Waals surface area contributed by atoms with Crippen LogP contribution in [0.2, 0.25) is 0 Å². The van der Waals surface area contributed by atoms with Crippen molar-refractivity contribution in [1.29, 1.82) is 0 Å². The van der Waals surface area contributed by atoms with E-state index in [1.54, 1.807) is 57.2 Å². The Morgan fingerprint density at radius 2 is 1.97 bits per heavy atom. The van der Waals surface area contributed by atoms with Gasteiger partial charge in [0.25, 0.3) is 0 Å². The van der Waals surface area contributed by atoms with Crippen LogP contribution in [-0.4, -0.2) is 42.1 Å². The van der Waals surface area contributed by atoms with Crippen molar-refractivity contribution in [1.82, 2.24) is 10.3 Å². The van der Waals surface area contributed by atoms with Gasteiger partial charge in [0, 0.05) is 23.1 Å². The number of esters is 1. The van der Waals surface area contributed by atoms with E-state index >= 15 is 0 Å². The summed E-state index contributed by atoms with van der Waals surface area (Å²) in [7, 11) is 1.50. The Balaban J connectivity index is 2.33. The van der Waals surface area contributed by atoms with Crippen LogP contribution in [0, 0.1) is 0 Å². The molecule has 0 bridgehead atoms. The van der Waals surface area contributed by atoms with E-state index in [0.717, 1.165) is 6.29 Å². The standard InChI is InChI=1S/C24H28N2O6/c1-6-7-8-13-31-22(28)19(26-23(29)32-24(2,3)4)14-17-10-11-18-16(15-27)9-12-20(30-5)21(18)25-17/h6,8-13,15,19H,1,7,14H2,2-5H3,(H,26,29). The third kappa shape index (κ3) is 6.94. The van der Waals surface area contributed by atoms with Crippen molar-refractivity contribution in [3.8, 4) is 5.75 Å². The lowest BCUT2D eigenvalue weighted by molar-refractivity contribution is -0.140. The van der Waals surface area contributed by atoms with Gasteiger partial charge in [-0.3, -0.25) is 4.79 Å². The molecule has 0 saturated heterocycles. The van der Waals surface area contributed by atoms with Crippen molar-refractivity contribution >= 4 is 29.3 Å². The lowest BCUT2D eigenvalue weighted by Gasteiger charge is -2.22. The minimum Gasteiger partial charge on any atom is -0.494 e. The van der Waals surface area contributed by atoms with Gasteiger partial charge in [-0.05, 0) is 51.5 Å². The third-order valence-corrected chi connectivity index (χ3v) is 4.23. The average Bonchev–Trinajstić information content (AvgIpc) is 2.73. The molecule has 1 aromatic carbocycles. The minimum atomic E-state index is -1.05. The smallest absolute Gasteiger partial charge is 0.408 e. The first-order valence-electron chi connectivity index (χ1n) is 10.1. The second kappa shape index (κ2) is 11.1. The number of nitrogens with zero attached hydrogens (tertiary/aromatic N) is 1. The Morgan fingerprint density at radius 3 is 2.59 bits per heavy atom. The number of pyridine rings is 1. The average molecular weight is 440 g/mol. The van der Waals surface area contributed by atoms with Crippen molar-refractivity contribution in [2.24, 2.45) is 0 Å². The maximum Gasteiger partial charge on any atom is 0.408 e. The second-order valence-corrected chi connectivity index (χ2v) is 7.91. The van der Waals surface area contributed by atoms with Gasteiger partial charge in [-0.15, -0.1) is 6.58 Å². The highest BCUT2D eigenvalue weighted by Gasteiger charge is 2.26. The zero-order valence-corrected chi connectivity index (χ0v) is 18.7. The van der Waals surface area contributed by atoms with Crippen LogP contribution in [0.25, 0.3) is 10.9 Å². The number of fused-ring (bicyclic) bond motifs is 1. The second-order valence-electron chi connectivity index (χ2n) is 7.91. The summed E-state index contributed by atoms with van der Waals surface area (Å²) in [6.45, 7) is 8.75. The number of carbonyl (C=O) groups excluding carboxylic acids is 3. The fourth-order valence-electron chi connectivity index (χ4n) is 2.84. The predicted octanol–water partition coefficient (Wildman–Crippen LogP) is 4.12. The molecule has 8 heteroatoms. The zero-order valence-electron chi connectivity index (χ0n) is 18.7. The predicted molar refractivity (Wildman–Crippen MR) is 121 cm³/mol. The van der Waals surface area contributed by atoms with Crippen LogP contribution in [0.5, 0.6) is 5.75 Å². The molecule has 0 aliphatic rings. The van der Waals surface area contributed by atoms with E-state index in [2.05, 4.69) is 16.9 Å². The van der Waals surface area contributed by atoms with Crippen LogP contribution in [0.1, 0.15) is 43.2 Å². The van der Waals surface area contributed by atoms with E-state index in [-0.39, 0.29) is 6.42 Å². The number of nitrogens with one attached hydrogen (secondary N) is 1. The fourth-order valence-corrected chi connectivity index (χ4v) is 2.84. The molecule has 2 rings (SSSR count). The number of aldehydes is 1. The van der Waals surface area contributed by atoms with Crippen LogP contribution in [-0.2, 0) is 20.7 Å². The molecule has 170 valence electrons. The number of aromatic nitrogens is 1. The van der Waals surface area contributed by atoms with Gasteiger partial charge in [-0.1, -0.05) is 12.1 Å². The normalized spacial score (nSPS) is 12.2. The molecule has 0 radical (unpaired) electrons. The number of ether oxygens (including phenoxy) is 3. The quantitative estimate of drug-likeness (QED) is 0.271. The van der Waals surface area contributed by atoms with Gasteiger partial charge in [0.1, 0.15) is 22.9 Å². The molecule has 8 nitrogen and oxygen atoms in total. The molecular weight excluding hydrogens is 412 g/mol. The van der Waals surface area contributed by atoms with Gasteiger partial charge in [-0.2, -0.15) is 0 Å². The van der Waals surface area contributed by atoms with Crippen molar-refractivity contribution in [2.45, 2.75) is 45.3 Å². The first-order valence-corrected chi connectivity index (χ1v) is 10.1. The monoisotopic (exact) mass is 440 g/mol. The number of rotatable bonds is 9. The molecule has 1 atom stereocenters. The maximum absolute atomic E-state index is 12.6. The first kappa shape index (κ1) is 24.6. The highest BCUT2D eigenvalue weighted by molar-refractivity contribution is 5.99. The van der Waals surface area contributed by atoms with Crippen LogP contribution >= 0.6 is 0 Å². The van der Waals surface area contributed by atoms with Crippen molar-refractivity contribution in [3.05, 3.63) is 60.5 Å². The summed E-state index contributed by atoms with van der Waals surface area (Å²) in [6.07, 6.45) is 5.08. The number of amides is 1. The van der Waals surface area contributed by atoms with E-state index in [4.69, 9.17) is 14.2 Å². The van der Waals surface area contributed by atoms with E-state index < -0.39 is 23.7 Å². The molecule has 0 aliphatic heterocycles. The van der Waals surface area contributed by atoms with E-state index in [9.17, 15) is 14.4 Å². The molecule has 2 aromatic rings. The first-order chi connectivity index (χ1) is 15.2. The number of alkyl carbamates (subject to hydrolysis) is 1. The van der Waals surface area contributed by atoms with Crippen LogP contribution in [0.15, 0.2) is 49.3 Å². The Kier molecular flexibility index (Phi) is 8.52. The van der Waals surface area contributed by atoms with Crippen LogP contribution in [0.4, 0.5) is 4.79 Å². The lowest BCUT2D eigenvalue weighted by Crippen LogP contribution is -2.45. The van der Waals surface area contributed by atoms with E-state index in [1.165, 1.54) is 13.4 Å². The van der Waals surface area contributed by atoms with Crippen LogP contribution in [0.3, 0.4) is 0 Å². The fraction of sp³-hybridized carbons (Fsp3) is 0.333. The molecule has 32 heavy (non-hydrogen) atoms. The van der Waals surface area contributed by atoms with Gasteiger partial charge in [0.2, 0.25) is 0 Å². The summed E-state index contributed by atoms with van der Waals surface area (Å²) in [4.78, 5) is 40.8. The highest BCUT2D eigenvalue weighted by Crippen LogP contribution is 2.26. The molecule has 0 aliphatic carbocycles. The lowest BCUT2D eigenvalue weighted by atomic mass is 10.1. The van der Waals surface area contributed by atoms with Gasteiger partial charge in [0.15, 0.2) is 6.29 Å². The Morgan fingerprint density at radius 1 is 1.22 bits per heavy atom. The molecule has 0 fully saturated rings. The molecular formula is C24H28N2O6. The maximum atomic E-state index is 12.6. The number of benzene rings is 1. The Bertz CT molecular complexity index is 1020. The van der Waals surface area contributed by atoms with E-state index in [1.807, 2.05) is 0 Å². The Labute approximate surface area is 187 Å². The van der Waals surface area contributed by atoms with Gasteiger partial charge in [-0.25, -0.2) is 14.6 Å². The van der Waals surface area contributed by atoms with Gasteiger partial charge < -0.3 is 19.5 Å². The molecule has 1 heterocycles. The van der Waals surface area contributed by atoms with Gasteiger partial charge in [0.05, 0.1) is 13.4 Å². The number of carbonyl (C=O) groups is 3. The SMILES string of the molecule is C=CCC=COC(=O)C(Cc1ccc2c(C=O)ccc(OC)c2n1)NC(=O)OC(C)(C)C. The van der Waals surface area contributed by atoms with E-state index in [0.29, 0.717) is 34.3 Å². The van der Waals surface area contributed by atoms with Crippen LogP contribution < -0.4 is 10.1 Å². The van der Waals surface area contributed by atoms with Crippen molar-refractivity contribution in [2.75, 3.05) is 7.11 Å². The summed E-state index contributed by atoms with van der Waals surface area (Å²) in [5.74, 6) is -0.189. The summed E-state index contributed by atoms with van der Waals surface area (Å²) in [5.41, 5.74) is 0.703. The zero-order chi connectivity index (χ0) is 23.7. The molecule has 1 amide bonds. The summed E-state index contributed by atoms with van der Waals surface area (Å²) in [5, 5.41) is 3.16. The summed E-state index contributed by atoms with van der Waals surface area (Å²) in [6, 6.07) is 5.65. The van der Waals surface area contributed by atoms with Crippen molar-refractivity contribution in [3.63, 3.8) is 0 Å². The molecule has 1 unspecified atom stereocenters. The largest absolute Gasteiger partial charge is 0.494 e.